The summed E-state index contributed by atoms with van der Waals surface area (Å²) in [7, 11) is -3.62. The van der Waals surface area contributed by atoms with E-state index in [9.17, 15) is 13.2 Å². The van der Waals surface area contributed by atoms with Crippen LogP contribution < -0.4 is 14.4 Å². The highest BCUT2D eigenvalue weighted by Gasteiger charge is 2.22. The van der Waals surface area contributed by atoms with Gasteiger partial charge in [0, 0.05) is 0 Å². The Hall–Kier alpha value is -2.54. The van der Waals surface area contributed by atoms with Gasteiger partial charge in [0.2, 0.25) is 15.9 Å². The molecule has 0 aliphatic carbocycles. The quantitative estimate of drug-likeness (QED) is 0.691. The van der Waals surface area contributed by atoms with Gasteiger partial charge in [0.15, 0.2) is 0 Å². The molecule has 7 heteroatoms. The minimum Gasteiger partial charge on any atom is -0.491 e. The van der Waals surface area contributed by atoms with E-state index in [-0.39, 0.29) is 30.5 Å². The summed E-state index contributed by atoms with van der Waals surface area (Å²) in [6.07, 6.45) is 1.10. The van der Waals surface area contributed by atoms with Gasteiger partial charge in [0.05, 0.1) is 18.0 Å². The molecule has 2 aromatic rings. The van der Waals surface area contributed by atoms with Crippen LogP contribution in [0.15, 0.2) is 48.5 Å². The Bertz CT molecular complexity index is 963. The van der Waals surface area contributed by atoms with Gasteiger partial charge in [-0.1, -0.05) is 51.1 Å². The van der Waals surface area contributed by atoms with Crippen LogP contribution in [0.1, 0.15) is 38.8 Å². The molecule has 164 valence electrons. The maximum Gasteiger partial charge on any atom is 0.241 e. The van der Waals surface area contributed by atoms with Crippen molar-refractivity contribution in [2.75, 3.05) is 23.7 Å². The minimum atomic E-state index is -3.62. The summed E-state index contributed by atoms with van der Waals surface area (Å²) in [5.41, 5.74) is 2.52. The predicted octanol–water partition coefficient (Wildman–Crippen LogP) is 3.64. The molecule has 0 saturated carbocycles. The molecule has 2 rings (SSSR count). The lowest BCUT2D eigenvalue weighted by Gasteiger charge is -2.25. The van der Waals surface area contributed by atoms with Gasteiger partial charge in [-0.3, -0.25) is 9.10 Å². The molecule has 0 aromatic heterocycles. The molecule has 2 aromatic carbocycles. The van der Waals surface area contributed by atoms with Gasteiger partial charge in [-0.25, -0.2) is 8.42 Å². The monoisotopic (exact) mass is 432 g/mol. The second-order valence-electron chi connectivity index (χ2n) is 8.61. The Labute approximate surface area is 180 Å². The molecule has 0 unspecified atom stereocenters. The first kappa shape index (κ1) is 23.7. The lowest BCUT2D eigenvalue weighted by atomic mass is 9.87. The van der Waals surface area contributed by atoms with Gasteiger partial charge >= 0.3 is 0 Å². The molecule has 0 aliphatic rings. The van der Waals surface area contributed by atoms with Gasteiger partial charge in [0.25, 0.3) is 0 Å². The van der Waals surface area contributed by atoms with Crippen LogP contribution >= 0.6 is 0 Å². The molecule has 0 aliphatic heterocycles. The summed E-state index contributed by atoms with van der Waals surface area (Å²) in [5, 5.41) is 2.81. The summed E-state index contributed by atoms with van der Waals surface area (Å²) in [4.78, 5) is 12.5. The van der Waals surface area contributed by atoms with E-state index >= 15 is 0 Å². The van der Waals surface area contributed by atoms with Crippen LogP contribution in [0.5, 0.6) is 5.75 Å². The van der Waals surface area contributed by atoms with E-state index in [4.69, 9.17) is 4.74 Å². The van der Waals surface area contributed by atoms with Crippen LogP contribution in [0.4, 0.5) is 5.69 Å². The Morgan fingerprint density at radius 3 is 2.23 bits per heavy atom. The molecular weight excluding hydrogens is 400 g/mol. The van der Waals surface area contributed by atoms with Crippen molar-refractivity contribution in [3.8, 4) is 5.75 Å². The molecule has 1 atom stereocenters. The van der Waals surface area contributed by atoms with Crippen LogP contribution in [0.2, 0.25) is 0 Å². The van der Waals surface area contributed by atoms with Crippen molar-refractivity contribution in [3.05, 3.63) is 59.7 Å². The Kier molecular flexibility index (Phi) is 7.53. The fraction of sp³-hybridized carbons (Fsp3) is 0.435. The highest BCUT2D eigenvalue weighted by Crippen LogP contribution is 2.25. The zero-order chi connectivity index (χ0) is 22.5. The lowest BCUT2D eigenvalue weighted by molar-refractivity contribution is -0.120. The fourth-order valence-electron chi connectivity index (χ4n) is 2.95. The summed E-state index contributed by atoms with van der Waals surface area (Å²) in [5.74, 6) is 0.372. The molecular formula is C23H32N2O4S. The maximum atomic E-state index is 12.5. The first-order chi connectivity index (χ1) is 13.9. The number of nitrogens with zero attached hydrogens (tertiary/aromatic N) is 1. The molecule has 1 amide bonds. The molecule has 0 spiro atoms. The number of aryl methyl sites for hydroxylation is 1. The van der Waals surface area contributed by atoms with Crippen molar-refractivity contribution in [2.45, 2.75) is 46.1 Å². The largest absolute Gasteiger partial charge is 0.491 e. The van der Waals surface area contributed by atoms with Crippen molar-refractivity contribution in [3.63, 3.8) is 0 Å². The second-order valence-corrected chi connectivity index (χ2v) is 10.5. The van der Waals surface area contributed by atoms with Crippen LogP contribution in [-0.4, -0.2) is 39.8 Å². The smallest absolute Gasteiger partial charge is 0.241 e. The van der Waals surface area contributed by atoms with E-state index < -0.39 is 10.0 Å². The summed E-state index contributed by atoms with van der Waals surface area (Å²) >= 11 is 0. The Morgan fingerprint density at radius 1 is 1.10 bits per heavy atom. The summed E-state index contributed by atoms with van der Waals surface area (Å²) in [6.45, 7) is 10.0. The number of hydrogen-bond donors (Lipinski definition) is 1. The Balaban J connectivity index is 2.02. The van der Waals surface area contributed by atoms with Gasteiger partial charge < -0.3 is 10.1 Å². The van der Waals surface area contributed by atoms with Gasteiger partial charge in [-0.05, 0) is 48.6 Å². The number of rotatable bonds is 8. The number of sulfonamides is 1. The Morgan fingerprint density at radius 2 is 1.70 bits per heavy atom. The number of ether oxygens (including phenoxy) is 1. The first-order valence-electron chi connectivity index (χ1n) is 9.94. The highest BCUT2D eigenvalue weighted by atomic mass is 32.2. The number of para-hydroxylation sites is 1. The molecule has 1 N–H and O–H groups in total. The third-order valence-electron chi connectivity index (χ3n) is 4.70. The molecule has 0 heterocycles. The van der Waals surface area contributed by atoms with Crippen molar-refractivity contribution in [2.24, 2.45) is 0 Å². The minimum absolute atomic E-state index is 0.0433. The maximum absolute atomic E-state index is 12.5. The molecule has 0 fully saturated rings. The van der Waals surface area contributed by atoms with E-state index in [1.165, 1.54) is 0 Å². The number of nitrogens with one attached hydrogen (secondary N) is 1. The number of hydrogen-bond acceptors (Lipinski definition) is 4. The van der Waals surface area contributed by atoms with Crippen molar-refractivity contribution in [1.82, 2.24) is 5.32 Å². The van der Waals surface area contributed by atoms with Crippen LogP contribution in [0.25, 0.3) is 0 Å². The van der Waals surface area contributed by atoms with Crippen LogP contribution in [0.3, 0.4) is 0 Å². The zero-order valence-corrected chi connectivity index (χ0v) is 19.4. The molecule has 0 saturated heterocycles. The van der Waals surface area contributed by atoms with E-state index in [0.717, 1.165) is 27.4 Å². The van der Waals surface area contributed by atoms with Gasteiger partial charge in [-0.2, -0.15) is 0 Å². The fourth-order valence-corrected chi connectivity index (χ4v) is 3.81. The van der Waals surface area contributed by atoms with Crippen LogP contribution in [0, 0.1) is 6.92 Å². The molecule has 30 heavy (non-hydrogen) atoms. The van der Waals surface area contributed by atoms with Crippen molar-refractivity contribution >= 4 is 21.6 Å². The third kappa shape index (κ3) is 6.76. The average Bonchev–Trinajstić information content (AvgIpc) is 2.64. The average molecular weight is 433 g/mol. The third-order valence-corrected chi connectivity index (χ3v) is 5.84. The number of benzene rings is 2. The first-order valence-corrected chi connectivity index (χ1v) is 11.8. The summed E-state index contributed by atoms with van der Waals surface area (Å²) in [6, 6.07) is 14.6. The second kappa shape index (κ2) is 9.51. The van der Waals surface area contributed by atoms with E-state index in [1.54, 1.807) is 12.1 Å². The van der Waals surface area contributed by atoms with Crippen molar-refractivity contribution in [1.29, 1.82) is 0 Å². The molecule has 0 radical (unpaired) electrons. The predicted molar refractivity (Wildman–Crippen MR) is 122 cm³/mol. The number of anilines is 1. The van der Waals surface area contributed by atoms with Gasteiger partial charge in [-0.15, -0.1) is 0 Å². The van der Waals surface area contributed by atoms with E-state index in [2.05, 4.69) is 26.1 Å². The molecule has 0 bridgehead atoms. The number of amides is 1. The SMILES string of the molecule is Cc1ccccc1OC[C@@H](C)NC(=O)CN(c1ccc(C(C)(C)C)cc1)S(C)(=O)=O. The highest BCUT2D eigenvalue weighted by molar-refractivity contribution is 7.92. The summed E-state index contributed by atoms with van der Waals surface area (Å²) < 4.78 is 31.5. The normalized spacial score (nSPS) is 12.9. The molecule has 6 nitrogen and oxygen atoms in total. The van der Waals surface area contributed by atoms with Crippen molar-refractivity contribution < 1.29 is 17.9 Å². The van der Waals surface area contributed by atoms with E-state index in [1.807, 2.05) is 50.2 Å². The number of carbonyl (C=O) groups is 1. The van der Waals surface area contributed by atoms with Crippen LogP contribution in [-0.2, 0) is 20.2 Å². The topological polar surface area (TPSA) is 75.7 Å². The van der Waals surface area contributed by atoms with E-state index in [0.29, 0.717) is 5.69 Å². The lowest BCUT2D eigenvalue weighted by Crippen LogP contribution is -2.44. The van der Waals surface area contributed by atoms with Gasteiger partial charge in [0.1, 0.15) is 18.9 Å². The number of carbonyl (C=O) groups excluding carboxylic acids is 1. The standard InChI is InChI=1S/C23H32N2O4S/c1-17-9-7-8-10-21(17)29-16-18(2)24-22(26)15-25(30(6,27)28)20-13-11-19(12-14-20)23(3,4)5/h7-14,18H,15-16H2,1-6H3,(H,24,26)/t18-/m1/s1. The zero-order valence-electron chi connectivity index (χ0n) is 18.6.